The standard InChI is InChI=1S/C30H36FN3O5S/c1-5-28(30(36)32-6-2)33(20-23-11-9-8-10-22(23)4)29(35)21-34(25-14-16-26(17-15-25)39-7-3)40(37,38)27-18-12-24(31)13-19-27/h8-19,28H,5-7,20-21H2,1-4H3,(H,32,36). The van der Waals surface area contributed by atoms with Crippen molar-refractivity contribution in [1.82, 2.24) is 10.2 Å². The number of aryl methyl sites for hydroxylation is 1. The zero-order valence-electron chi connectivity index (χ0n) is 23.3. The van der Waals surface area contributed by atoms with Gasteiger partial charge in [-0.25, -0.2) is 12.8 Å². The Morgan fingerprint density at radius 3 is 2.17 bits per heavy atom. The van der Waals surface area contributed by atoms with Crippen LogP contribution in [0.15, 0.2) is 77.7 Å². The molecular weight excluding hydrogens is 533 g/mol. The van der Waals surface area contributed by atoms with E-state index in [1.807, 2.05) is 38.1 Å². The molecule has 0 bridgehead atoms. The number of carbonyl (C=O) groups excluding carboxylic acids is 2. The molecule has 8 nitrogen and oxygen atoms in total. The molecule has 3 aromatic carbocycles. The minimum atomic E-state index is -4.29. The summed E-state index contributed by atoms with van der Waals surface area (Å²) < 4.78 is 47.7. The molecule has 1 N–H and O–H groups in total. The van der Waals surface area contributed by atoms with Crippen LogP contribution in [0.1, 0.15) is 38.3 Å². The molecule has 10 heteroatoms. The van der Waals surface area contributed by atoms with Gasteiger partial charge in [0, 0.05) is 13.1 Å². The molecule has 0 aliphatic carbocycles. The van der Waals surface area contributed by atoms with Crippen molar-refractivity contribution < 1.29 is 27.1 Å². The Balaban J connectivity index is 2.07. The number of benzene rings is 3. The fourth-order valence-corrected chi connectivity index (χ4v) is 5.73. The normalized spacial score (nSPS) is 11.9. The van der Waals surface area contributed by atoms with E-state index < -0.39 is 34.3 Å². The molecule has 214 valence electrons. The topological polar surface area (TPSA) is 96.0 Å². The quantitative estimate of drug-likeness (QED) is 0.323. The van der Waals surface area contributed by atoms with Gasteiger partial charge in [0.25, 0.3) is 10.0 Å². The van der Waals surface area contributed by atoms with E-state index in [-0.39, 0.29) is 23.0 Å². The fourth-order valence-electron chi connectivity index (χ4n) is 4.32. The lowest BCUT2D eigenvalue weighted by Crippen LogP contribution is -2.52. The van der Waals surface area contributed by atoms with Gasteiger partial charge in [0.2, 0.25) is 11.8 Å². The Labute approximate surface area is 235 Å². The Bertz CT molecular complexity index is 1400. The highest BCUT2D eigenvalue weighted by Crippen LogP contribution is 2.27. The van der Waals surface area contributed by atoms with Gasteiger partial charge in [-0.15, -0.1) is 0 Å². The molecular formula is C30H36FN3O5S. The van der Waals surface area contributed by atoms with Gasteiger partial charge < -0.3 is 15.0 Å². The molecule has 0 heterocycles. The molecule has 0 aliphatic rings. The minimum absolute atomic E-state index is 0.120. The summed E-state index contributed by atoms with van der Waals surface area (Å²) in [6, 6.07) is 17.5. The van der Waals surface area contributed by atoms with Gasteiger partial charge in [0.05, 0.1) is 17.2 Å². The van der Waals surface area contributed by atoms with Crippen molar-refractivity contribution in [1.29, 1.82) is 0 Å². The number of sulfonamides is 1. The van der Waals surface area contributed by atoms with Crippen molar-refractivity contribution in [2.24, 2.45) is 0 Å². The smallest absolute Gasteiger partial charge is 0.264 e. The summed E-state index contributed by atoms with van der Waals surface area (Å²) in [5, 5.41) is 2.78. The first-order chi connectivity index (χ1) is 19.1. The summed E-state index contributed by atoms with van der Waals surface area (Å²) in [6.07, 6.45) is 0.331. The number of likely N-dealkylation sites (N-methyl/N-ethyl adjacent to an activating group) is 1. The van der Waals surface area contributed by atoms with Crippen LogP contribution in [0, 0.1) is 12.7 Å². The molecule has 3 rings (SSSR count). The summed E-state index contributed by atoms with van der Waals surface area (Å²) in [6.45, 7) is 7.71. The lowest BCUT2D eigenvalue weighted by atomic mass is 10.1. The maximum Gasteiger partial charge on any atom is 0.264 e. The monoisotopic (exact) mass is 569 g/mol. The van der Waals surface area contributed by atoms with Crippen LogP contribution >= 0.6 is 0 Å². The van der Waals surface area contributed by atoms with Crippen molar-refractivity contribution in [3.63, 3.8) is 0 Å². The Morgan fingerprint density at radius 2 is 1.60 bits per heavy atom. The number of nitrogens with one attached hydrogen (secondary N) is 1. The van der Waals surface area contributed by atoms with Crippen LogP contribution < -0.4 is 14.4 Å². The van der Waals surface area contributed by atoms with Gasteiger partial charge in [-0.3, -0.25) is 13.9 Å². The molecule has 1 unspecified atom stereocenters. The summed E-state index contributed by atoms with van der Waals surface area (Å²) >= 11 is 0. The highest BCUT2D eigenvalue weighted by Gasteiger charge is 2.33. The predicted molar refractivity (Wildman–Crippen MR) is 153 cm³/mol. The lowest BCUT2D eigenvalue weighted by Gasteiger charge is -2.33. The fraction of sp³-hybridized carbons (Fsp3) is 0.333. The third kappa shape index (κ3) is 7.38. The molecule has 0 fully saturated rings. The van der Waals surface area contributed by atoms with Crippen LogP contribution in [-0.4, -0.2) is 50.9 Å². The van der Waals surface area contributed by atoms with Crippen molar-refractivity contribution in [2.45, 2.75) is 51.6 Å². The molecule has 40 heavy (non-hydrogen) atoms. The second kappa shape index (κ2) is 13.9. The van der Waals surface area contributed by atoms with E-state index in [1.165, 1.54) is 4.90 Å². The number of anilines is 1. The number of hydrogen-bond donors (Lipinski definition) is 1. The van der Waals surface area contributed by atoms with E-state index in [2.05, 4.69) is 5.32 Å². The van der Waals surface area contributed by atoms with E-state index >= 15 is 0 Å². The molecule has 0 saturated carbocycles. The van der Waals surface area contributed by atoms with Crippen LogP contribution in [0.5, 0.6) is 5.75 Å². The molecule has 0 radical (unpaired) electrons. The number of nitrogens with zero attached hydrogens (tertiary/aromatic N) is 2. The zero-order valence-corrected chi connectivity index (χ0v) is 24.1. The van der Waals surface area contributed by atoms with Crippen LogP contribution in [0.3, 0.4) is 0 Å². The molecule has 0 aromatic heterocycles. The van der Waals surface area contributed by atoms with Crippen LogP contribution in [0.4, 0.5) is 10.1 Å². The first kappa shape index (κ1) is 30.6. The second-order valence-electron chi connectivity index (χ2n) is 9.16. The average molecular weight is 570 g/mol. The maximum atomic E-state index is 14.0. The molecule has 0 saturated heterocycles. The lowest BCUT2D eigenvalue weighted by molar-refractivity contribution is -0.140. The zero-order chi connectivity index (χ0) is 29.3. The highest BCUT2D eigenvalue weighted by molar-refractivity contribution is 7.92. The summed E-state index contributed by atoms with van der Waals surface area (Å²) in [5.74, 6) is -0.915. The number of amides is 2. The summed E-state index contributed by atoms with van der Waals surface area (Å²) in [5.41, 5.74) is 2.00. The number of carbonyl (C=O) groups is 2. The highest BCUT2D eigenvalue weighted by atomic mass is 32.2. The Morgan fingerprint density at radius 1 is 0.950 bits per heavy atom. The molecule has 0 aliphatic heterocycles. The van der Waals surface area contributed by atoms with Crippen molar-refractivity contribution in [3.8, 4) is 5.75 Å². The van der Waals surface area contributed by atoms with E-state index in [4.69, 9.17) is 4.74 Å². The third-order valence-corrected chi connectivity index (χ3v) is 8.24. The second-order valence-corrected chi connectivity index (χ2v) is 11.0. The van der Waals surface area contributed by atoms with E-state index in [0.29, 0.717) is 25.3 Å². The first-order valence-electron chi connectivity index (χ1n) is 13.2. The van der Waals surface area contributed by atoms with Crippen molar-refractivity contribution in [2.75, 3.05) is 24.0 Å². The van der Waals surface area contributed by atoms with Gasteiger partial charge in [-0.2, -0.15) is 0 Å². The van der Waals surface area contributed by atoms with Crippen molar-refractivity contribution >= 4 is 27.5 Å². The molecule has 3 aromatic rings. The van der Waals surface area contributed by atoms with Crippen molar-refractivity contribution in [3.05, 3.63) is 89.7 Å². The van der Waals surface area contributed by atoms with Gasteiger partial charge in [0.15, 0.2) is 0 Å². The van der Waals surface area contributed by atoms with Gasteiger partial charge in [-0.1, -0.05) is 31.2 Å². The van der Waals surface area contributed by atoms with E-state index in [9.17, 15) is 22.4 Å². The number of hydrogen-bond acceptors (Lipinski definition) is 5. The van der Waals surface area contributed by atoms with Gasteiger partial charge in [-0.05, 0) is 86.8 Å². The Kier molecular flexibility index (Phi) is 10.7. The van der Waals surface area contributed by atoms with Crippen LogP contribution in [0.2, 0.25) is 0 Å². The van der Waals surface area contributed by atoms with Gasteiger partial charge in [0.1, 0.15) is 24.2 Å². The molecule has 2 amide bonds. The average Bonchev–Trinajstić information content (AvgIpc) is 2.93. The molecule has 0 spiro atoms. The minimum Gasteiger partial charge on any atom is -0.494 e. The Hall–Kier alpha value is -3.92. The number of rotatable bonds is 13. The molecule has 1 atom stereocenters. The van der Waals surface area contributed by atoms with E-state index in [0.717, 1.165) is 39.7 Å². The maximum absolute atomic E-state index is 14.0. The first-order valence-corrected chi connectivity index (χ1v) is 14.7. The largest absolute Gasteiger partial charge is 0.494 e. The number of ether oxygens (including phenoxy) is 1. The van der Waals surface area contributed by atoms with Crippen LogP contribution in [0.25, 0.3) is 0 Å². The van der Waals surface area contributed by atoms with E-state index in [1.54, 1.807) is 38.1 Å². The van der Waals surface area contributed by atoms with Crippen LogP contribution in [-0.2, 0) is 26.2 Å². The number of halogens is 1. The SMILES string of the molecule is CCNC(=O)C(CC)N(Cc1ccccc1C)C(=O)CN(c1ccc(OCC)cc1)S(=O)(=O)c1ccc(F)cc1. The summed E-state index contributed by atoms with van der Waals surface area (Å²) in [7, 11) is -4.29. The van der Waals surface area contributed by atoms with Gasteiger partial charge >= 0.3 is 0 Å². The summed E-state index contributed by atoms with van der Waals surface area (Å²) in [4.78, 5) is 28.3. The third-order valence-electron chi connectivity index (χ3n) is 6.46. The predicted octanol–water partition coefficient (Wildman–Crippen LogP) is 4.67.